The summed E-state index contributed by atoms with van der Waals surface area (Å²) < 4.78 is 12.3. The van der Waals surface area contributed by atoms with Gasteiger partial charge in [0.25, 0.3) is 5.78 Å². The SMILES string of the molecule is COc1ccc(NC(=O)C2CCN(c3cc(C)nc4ncnn34)CC2)cc1OC. The zero-order chi connectivity index (χ0) is 20.4. The van der Waals surface area contributed by atoms with E-state index in [1.165, 1.54) is 6.33 Å². The minimum Gasteiger partial charge on any atom is -0.493 e. The molecule has 2 aromatic heterocycles. The molecule has 0 saturated carbocycles. The Bertz CT molecular complexity index is 1030. The Hall–Kier alpha value is -3.36. The Kier molecular flexibility index (Phi) is 5.20. The number of nitrogens with zero attached hydrogens (tertiary/aromatic N) is 5. The summed E-state index contributed by atoms with van der Waals surface area (Å²) in [5.74, 6) is 2.75. The lowest BCUT2D eigenvalue weighted by atomic mass is 9.95. The van der Waals surface area contributed by atoms with Crippen molar-refractivity contribution >= 4 is 23.2 Å². The molecule has 1 amide bonds. The van der Waals surface area contributed by atoms with Crippen LogP contribution >= 0.6 is 0 Å². The number of anilines is 2. The number of ether oxygens (including phenoxy) is 2. The molecule has 3 aromatic rings. The Morgan fingerprint density at radius 3 is 2.62 bits per heavy atom. The number of carbonyl (C=O) groups excluding carboxylic acids is 1. The first-order chi connectivity index (χ1) is 14.1. The third-order valence-corrected chi connectivity index (χ3v) is 5.20. The average Bonchev–Trinajstić information content (AvgIpc) is 3.21. The third-order valence-electron chi connectivity index (χ3n) is 5.20. The number of piperidine rings is 1. The summed E-state index contributed by atoms with van der Waals surface area (Å²) >= 11 is 0. The van der Waals surface area contributed by atoms with E-state index in [4.69, 9.17) is 9.47 Å². The lowest BCUT2D eigenvalue weighted by Gasteiger charge is -2.32. The maximum Gasteiger partial charge on any atom is 0.254 e. The molecule has 0 spiro atoms. The molecule has 0 unspecified atom stereocenters. The summed E-state index contributed by atoms with van der Waals surface area (Å²) in [5.41, 5.74) is 1.60. The smallest absolute Gasteiger partial charge is 0.254 e. The predicted molar refractivity (Wildman–Crippen MR) is 109 cm³/mol. The number of benzene rings is 1. The molecule has 1 N–H and O–H groups in total. The molecule has 9 nitrogen and oxygen atoms in total. The zero-order valence-corrected chi connectivity index (χ0v) is 16.8. The lowest BCUT2D eigenvalue weighted by molar-refractivity contribution is -0.120. The van der Waals surface area contributed by atoms with Gasteiger partial charge in [0, 0.05) is 42.5 Å². The van der Waals surface area contributed by atoms with Gasteiger partial charge in [-0.25, -0.2) is 4.98 Å². The van der Waals surface area contributed by atoms with Crippen molar-refractivity contribution in [2.75, 3.05) is 37.5 Å². The molecule has 1 fully saturated rings. The molecular weight excluding hydrogens is 372 g/mol. The predicted octanol–water partition coefficient (Wildman–Crippen LogP) is 2.31. The molecule has 29 heavy (non-hydrogen) atoms. The molecule has 0 bridgehead atoms. The van der Waals surface area contributed by atoms with Gasteiger partial charge in [-0.05, 0) is 31.9 Å². The fourth-order valence-electron chi connectivity index (χ4n) is 3.67. The largest absolute Gasteiger partial charge is 0.493 e. The number of methoxy groups -OCH3 is 2. The van der Waals surface area contributed by atoms with E-state index in [1.807, 2.05) is 19.1 Å². The van der Waals surface area contributed by atoms with Gasteiger partial charge >= 0.3 is 0 Å². The quantitative estimate of drug-likeness (QED) is 0.707. The molecule has 4 rings (SSSR count). The number of aryl methyl sites for hydroxylation is 1. The molecule has 1 aliphatic rings. The summed E-state index contributed by atoms with van der Waals surface area (Å²) in [6.07, 6.45) is 3.03. The minimum atomic E-state index is -0.0477. The van der Waals surface area contributed by atoms with Gasteiger partial charge in [0.1, 0.15) is 12.1 Å². The van der Waals surface area contributed by atoms with Gasteiger partial charge in [0.05, 0.1) is 14.2 Å². The van der Waals surface area contributed by atoms with E-state index in [2.05, 4.69) is 25.3 Å². The molecule has 1 saturated heterocycles. The van der Waals surface area contributed by atoms with Crippen LogP contribution in [0.25, 0.3) is 5.78 Å². The summed E-state index contributed by atoms with van der Waals surface area (Å²) in [4.78, 5) is 23.6. The molecule has 0 radical (unpaired) electrons. The summed E-state index contributed by atoms with van der Waals surface area (Å²) in [7, 11) is 3.16. The van der Waals surface area contributed by atoms with E-state index < -0.39 is 0 Å². The number of rotatable bonds is 5. The van der Waals surface area contributed by atoms with Crippen molar-refractivity contribution in [1.82, 2.24) is 19.6 Å². The van der Waals surface area contributed by atoms with Crippen molar-refractivity contribution in [3.63, 3.8) is 0 Å². The van der Waals surface area contributed by atoms with Crippen LogP contribution in [0, 0.1) is 12.8 Å². The molecule has 1 aromatic carbocycles. The first-order valence-corrected chi connectivity index (χ1v) is 9.54. The number of fused-ring (bicyclic) bond motifs is 1. The summed E-state index contributed by atoms with van der Waals surface area (Å²) in [5, 5.41) is 7.27. The number of hydrogen-bond donors (Lipinski definition) is 1. The number of hydrogen-bond acceptors (Lipinski definition) is 7. The van der Waals surface area contributed by atoms with Crippen LogP contribution in [0.2, 0.25) is 0 Å². The van der Waals surface area contributed by atoms with Gasteiger partial charge in [-0.3, -0.25) is 4.79 Å². The molecule has 3 heterocycles. The van der Waals surface area contributed by atoms with Crippen LogP contribution in [0.4, 0.5) is 11.5 Å². The Morgan fingerprint density at radius 1 is 1.14 bits per heavy atom. The van der Waals surface area contributed by atoms with Crippen molar-refractivity contribution in [3.05, 3.63) is 36.3 Å². The maximum atomic E-state index is 12.8. The summed E-state index contributed by atoms with van der Waals surface area (Å²) in [6.45, 7) is 3.48. The van der Waals surface area contributed by atoms with Crippen molar-refractivity contribution in [2.45, 2.75) is 19.8 Å². The van der Waals surface area contributed by atoms with Crippen molar-refractivity contribution < 1.29 is 14.3 Å². The number of aromatic nitrogens is 4. The highest BCUT2D eigenvalue weighted by molar-refractivity contribution is 5.93. The van der Waals surface area contributed by atoms with E-state index in [1.54, 1.807) is 30.9 Å². The Balaban J connectivity index is 1.41. The van der Waals surface area contributed by atoms with Crippen LogP contribution in [-0.4, -0.2) is 52.8 Å². The lowest BCUT2D eigenvalue weighted by Crippen LogP contribution is -2.39. The highest BCUT2D eigenvalue weighted by Crippen LogP contribution is 2.31. The van der Waals surface area contributed by atoms with E-state index in [0.29, 0.717) is 23.0 Å². The topological polar surface area (TPSA) is 93.9 Å². The van der Waals surface area contributed by atoms with Crippen LogP contribution in [-0.2, 0) is 4.79 Å². The number of amides is 1. The van der Waals surface area contributed by atoms with Crippen molar-refractivity contribution in [3.8, 4) is 11.5 Å². The highest BCUT2D eigenvalue weighted by atomic mass is 16.5. The van der Waals surface area contributed by atoms with Crippen molar-refractivity contribution in [2.24, 2.45) is 5.92 Å². The molecule has 152 valence electrons. The molecule has 1 aliphatic heterocycles. The van der Waals surface area contributed by atoms with Crippen LogP contribution in [0.1, 0.15) is 18.5 Å². The molecule has 0 atom stereocenters. The van der Waals surface area contributed by atoms with Gasteiger partial charge in [-0.1, -0.05) is 0 Å². The average molecular weight is 396 g/mol. The monoisotopic (exact) mass is 396 g/mol. The van der Waals surface area contributed by atoms with E-state index >= 15 is 0 Å². The summed E-state index contributed by atoms with van der Waals surface area (Å²) in [6, 6.07) is 7.38. The van der Waals surface area contributed by atoms with Gasteiger partial charge in [0.15, 0.2) is 11.5 Å². The first-order valence-electron chi connectivity index (χ1n) is 9.54. The standard InChI is InChI=1S/C20H24N6O3/c1-13-10-18(26-20(23-13)21-12-22-26)25-8-6-14(7-9-25)19(27)24-15-4-5-16(28-2)17(11-15)29-3/h4-5,10-12,14H,6-9H2,1-3H3,(H,24,27). The second kappa shape index (κ2) is 7.94. The van der Waals surface area contributed by atoms with Gasteiger partial charge < -0.3 is 19.7 Å². The van der Waals surface area contributed by atoms with Gasteiger partial charge in [-0.15, -0.1) is 0 Å². The van der Waals surface area contributed by atoms with Gasteiger partial charge in [0.2, 0.25) is 5.91 Å². The van der Waals surface area contributed by atoms with Gasteiger partial charge in [-0.2, -0.15) is 14.6 Å². The third kappa shape index (κ3) is 3.80. The Morgan fingerprint density at radius 2 is 1.90 bits per heavy atom. The fourth-order valence-corrected chi connectivity index (χ4v) is 3.67. The molecule has 0 aliphatic carbocycles. The molecule has 9 heteroatoms. The number of carbonyl (C=O) groups is 1. The number of nitrogens with one attached hydrogen (secondary N) is 1. The Labute approximate surface area is 168 Å². The minimum absolute atomic E-state index is 0.0219. The zero-order valence-electron chi connectivity index (χ0n) is 16.8. The van der Waals surface area contributed by atoms with E-state index in [-0.39, 0.29) is 11.8 Å². The van der Waals surface area contributed by atoms with Crippen molar-refractivity contribution in [1.29, 1.82) is 0 Å². The second-order valence-electron chi connectivity index (χ2n) is 7.05. The highest BCUT2D eigenvalue weighted by Gasteiger charge is 2.27. The normalized spacial score (nSPS) is 14.8. The van der Waals surface area contributed by atoms with Crippen LogP contribution < -0.4 is 19.7 Å². The van der Waals surface area contributed by atoms with E-state index in [0.717, 1.165) is 37.4 Å². The van der Waals surface area contributed by atoms with Crippen LogP contribution in [0.5, 0.6) is 11.5 Å². The van der Waals surface area contributed by atoms with Crippen LogP contribution in [0.15, 0.2) is 30.6 Å². The molecular formula is C20H24N6O3. The maximum absolute atomic E-state index is 12.8. The fraction of sp³-hybridized carbons (Fsp3) is 0.400. The first kappa shape index (κ1) is 19.0. The van der Waals surface area contributed by atoms with Crippen LogP contribution in [0.3, 0.4) is 0 Å². The van der Waals surface area contributed by atoms with E-state index in [9.17, 15) is 4.79 Å². The second-order valence-corrected chi connectivity index (χ2v) is 7.05.